The summed E-state index contributed by atoms with van der Waals surface area (Å²) in [6.07, 6.45) is 5.20. The molecular formula is C24H31ClFN3O3S. The molecule has 2 aromatic carbocycles. The molecular weight excluding hydrogens is 465 g/mol. The van der Waals surface area contributed by atoms with Gasteiger partial charge in [-0.1, -0.05) is 24.3 Å². The lowest BCUT2D eigenvalue weighted by Crippen LogP contribution is -2.40. The van der Waals surface area contributed by atoms with Crippen molar-refractivity contribution in [1.29, 1.82) is 5.41 Å². The molecule has 3 rings (SSSR count). The van der Waals surface area contributed by atoms with E-state index in [0.717, 1.165) is 25.9 Å². The number of halogens is 2. The van der Waals surface area contributed by atoms with Crippen LogP contribution in [0, 0.1) is 11.2 Å². The summed E-state index contributed by atoms with van der Waals surface area (Å²) in [4.78, 5) is 2.04. The summed E-state index contributed by atoms with van der Waals surface area (Å²) < 4.78 is 46.1. The molecule has 1 N–H and O–H groups in total. The monoisotopic (exact) mass is 495 g/mol. The zero-order valence-electron chi connectivity index (χ0n) is 18.9. The summed E-state index contributed by atoms with van der Waals surface area (Å²) in [5.41, 5.74) is 1.23. The minimum atomic E-state index is -3.49. The Balaban J connectivity index is 0.00000385. The highest BCUT2D eigenvalue weighted by atomic mass is 35.5. The lowest BCUT2D eigenvalue weighted by atomic mass is 10.1. The highest BCUT2D eigenvalue weighted by Gasteiger charge is 2.22. The van der Waals surface area contributed by atoms with Gasteiger partial charge in [-0.25, -0.2) is 12.8 Å². The van der Waals surface area contributed by atoms with Crippen molar-refractivity contribution in [2.45, 2.75) is 32.8 Å². The van der Waals surface area contributed by atoms with Gasteiger partial charge in [-0.2, -0.15) is 0 Å². The molecule has 0 amide bonds. The van der Waals surface area contributed by atoms with E-state index in [1.807, 2.05) is 4.90 Å². The highest BCUT2D eigenvalue weighted by Crippen LogP contribution is 2.25. The van der Waals surface area contributed by atoms with Crippen LogP contribution in [0.1, 0.15) is 32.3 Å². The van der Waals surface area contributed by atoms with E-state index < -0.39 is 10.0 Å². The number of ether oxygens (including phenoxy) is 1. The predicted molar refractivity (Wildman–Crippen MR) is 135 cm³/mol. The summed E-state index contributed by atoms with van der Waals surface area (Å²) >= 11 is 0. The van der Waals surface area contributed by atoms with Crippen molar-refractivity contribution in [1.82, 2.24) is 4.90 Å². The summed E-state index contributed by atoms with van der Waals surface area (Å²) in [7, 11) is -3.49. The van der Waals surface area contributed by atoms with Crippen molar-refractivity contribution in [2.75, 3.05) is 29.7 Å². The second kappa shape index (κ2) is 12.0. The lowest BCUT2D eigenvalue weighted by Gasteiger charge is -2.32. The first-order valence-corrected chi connectivity index (χ1v) is 12.4. The first-order valence-electron chi connectivity index (χ1n) is 10.8. The normalized spacial score (nSPS) is 14.7. The molecule has 1 aliphatic heterocycles. The third-order valence-electron chi connectivity index (χ3n) is 5.47. The van der Waals surface area contributed by atoms with Gasteiger partial charge in [0.15, 0.2) is 0 Å². The fraction of sp³-hybridized carbons (Fsp3) is 0.375. The number of hydrogen-bond acceptors (Lipinski definition) is 4. The van der Waals surface area contributed by atoms with E-state index in [9.17, 15) is 12.8 Å². The molecule has 0 spiro atoms. The minimum Gasteiger partial charge on any atom is -0.490 e. The van der Waals surface area contributed by atoms with Crippen molar-refractivity contribution < 1.29 is 17.5 Å². The Bertz CT molecular complexity index is 1050. The van der Waals surface area contributed by atoms with Crippen molar-refractivity contribution >= 4 is 40.0 Å². The molecule has 0 saturated carbocycles. The van der Waals surface area contributed by atoms with Crippen molar-refractivity contribution in [3.8, 4) is 5.75 Å². The van der Waals surface area contributed by atoms with Crippen LogP contribution < -0.4 is 9.04 Å². The molecule has 0 aliphatic carbocycles. The zero-order chi connectivity index (χ0) is 23.1. The van der Waals surface area contributed by atoms with E-state index in [-0.39, 0.29) is 36.6 Å². The standard InChI is InChI=1S/C24H30FN3O3S.ClH/c1-3-32(29,30)28(15-5-7-20-6-4-8-21(25)18-20)22-9-11-23(12-10-22)31-24-13-16-27(17-14-24)19(2)26;/h4-12,18,24,26H,3,13-17H2,1-2H3;1H/b7-5+,26-19?;. The molecule has 33 heavy (non-hydrogen) atoms. The summed E-state index contributed by atoms with van der Waals surface area (Å²) in [5, 5.41) is 7.72. The number of sulfonamides is 1. The van der Waals surface area contributed by atoms with Gasteiger partial charge in [-0.05, 0) is 55.8 Å². The van der Waals surface area contributed by atoms with Crippen molar-refractivity contribution in [3.05, 3.63) is 66.0 Å². The summed E-state index contributed by atoms with van der Waals surface area (Å²) in [6.45, 7) is 5.16. The molecule has 1 heterocycles. The van der Waals surface area contributed by atoms with Gasteiger partial charge in [-0.15, -0.1) is 12.4 Å². The van der Waals surface area contributed by atoms with Crippen LogP contribution in [0.3, 0.4) is 0 Å². The van der Waals surface area contributed by atoms with Gasteiger partial charge in [0.25, 0.3) is 0 Å². The predicted octanol–water partition coefficient (Wildman–Crippen LogP) is 4.96. The van der Waals surface area contributed by atoms with Gasteiger partial charge in [0.2, 0.25) is 10.0 Å². The van der Waals surface area contributed by atoms with Crippen LogP contribution in [0.15, 0.2) is 54.6 Å². The maximum atomic E-state index is 13.4. The molecule has 0 atom stereocenters. The molecule has 1 fully saturated rings. The Kier molecular flexibility index (Phi) is 9.73. The third-order valence-corrected chi connectivity index (χ3v) is 7.24. The van der Waals surface area contributed by atoms with E-state index in [1.165, 1.54) is 16.4 Å². The van der Waals surface area contributed by atoms with Crippen LogP contribution in [-0.2, 0) is 10.0 Å². The number of nitrogens with one attached hydrogen (secondary N) is 1. The number of hydrogen-bond donors (Lipinski definition) is 1. The van der Waals surface area contributed by atoms with Gasteiger partial charge in [0, 0.05) is 25.9 Å². The summed E-state index contributed by atoms with van der Waals surface area (Å²) in [6, 6.07) is 13.2. The van der Waals surface area contributed by atoms with E-state index in [1.54, 1.807) is 62.4 Å². The highest BCUT2D eigenvalue weighted by molar-refractivity contribution is 7.92. The molecule has 0 bridgehead atoms. The van der Waals surface area contributed by atoms with E-state index in [2.05, 4.69) is 0 Å². The number of benzene rings is 2. The first kappa shape index (κ1) is 26.7. The Hall–Kier alpha value is -2.58. The number of nitrogens with zero attached hydrogens (tertiary/aromatic N) is 2. The maximum absolute atomic E-state index is 13.4. The molecule has 6 nitrogen and oxygen atoms in total. The average Bonchev–Trinajstić information content (AvgIpc) is 2.78. The fourth-order valence-corrected chi connectivity index (χ4v) is 4.69. The molecule has 0 aromatic heterocycles. The summed E-state index contributed by atoms with van der Waals surface area (Å²) in [5.74, 6) is 0.920. The average molecular weight is 496 g/mol. The smallest absolute Gasteiger partial charge is 0.235 e. The molecule has 1 aliphatic rings. The van der Waals surface area contributed by atoms with Crippen LogP contribution in [-0.4, -0.2) is 50.6 Å². The van der Waals surface area contributed by atoms with Gasteiger partial charge in [0.1, 0.15) is 17.7 Å². The second-order valence-electron chi connectivity index (χ2n) is 7.77. The number of likely N-dealkylation sites (tertiary alicyclic amines) is 1. The molecule has 0 radical (unpaired) electrons. The number of piperidine rings is 1. The molecule has 1 saturated heterocycles. The topological polar surface area (TPSA) is 73.7 Å². The largest absolute Gasteiger partial charge is 0.490 e. The Labute approximate surface area is 202 Å². The van der Waals surface area contributed by atoms with Crippen LogP contribution in [0.25, 0.3) is 6.08 Å². The van der Waals surface area contributed by atoms with Gasteiger partial charge < -0.3 is 9.64 Å². The van der Waals surface area contributed by atoms with Crippen LogP contribution in [0.5, 0.6) is 5.75 Å². The van der Waals surface area contributed by atoms with Crippen LogP contribution >= 0.6 is 12.4 Å². The van der Waals surface area contributed by atoms with Crippen molar-refractivity contribution in [3.63, 3.8) is 0 Å². The quantitative estimate of drug-likeness (QED) is 0.415. The van der Waals surface area contributed by atoms with Gasteiger partial charge in [0.05, 0.1) is 23.8 Å². The van der Waals surface area contributed by atoms with E-state index >= 15 is 0 Å². The molecule has 0 unspecified atom stereocenters. The molecule has 180 valence electrons. The van der Waals surface area contributed by atoms with Crippen molar-refractivity contribution in [2.24, 2.45) is 0 Å². The third kappa shape index (κ3) is 7.47. The lowest BCUT2D eigenvalue weighted by molar-refractivity contribution is 0.130. The zero-order valence-corrected chi connectivity index (χ0v) is 20.5. The Morgan fingerprint density at radius 3 is 2.45 bits per heavy atom. The number of anilines is 1. The van der Waals surface area contributed by atoms with Crippen LogP contribution in [0.2, 0.25) is 0 Å². The van der Waals surface area contributed by atoms with Gasteiger partial charge >= 0.3 is 0 Å². The van der Waals surface area contributed by atoms with E-state index in [0.29, 0.717) is 22.8 Å². The van der Waals surface area contributed by atoms with E-state index in [4.69, 9.17) is 10.1 Å². The molecule has 9 heteroatoms. The minimum absolute atomic E-state index is 0. The Morgan fingerprint density at radius 2 is 1.88 bits per heavy atom. The van der Waals surface area contributed by atoms with Gasteiger partial charge in [-0.3, -0.25) is 9.71 Å². The fourth-order valence-electron chi connectivity index (χ4n) is 3.62. The maximum Gasteiger partial charge on any atom is 0.235 e. The number of rotatable bonds is 8. The SMILES string of the molecule is CCS(=O)(=O)N(C/C=C/c1cccc(F)c1)c1ccc(OC2CCN(C(C)=N)CC2)cc1.Cl. The molecule has 2 aromatic rings. The van der Waals surface area contributed by atoms with Crippen LogP contribution in [0.4, 0.5) is 10.1 Å². The first-order chi connectivity index (χ1) is 15.3. The Morgan fingerprint density at radius 1 is 1.21 bits per heavy atom. The second-order valence-corrected chi connectivity index (χ2v) is 9.95. The number of amidine groups is 1.